The number of carbonyl (C=O) groups is 1. The Bertz CT molecular complexity index is 1250. The quantitative estimate of drug-likeness (QED) is 0.218. The van der Waals surface area contributed by atoms with E-state index in [2.05, 4.69) is 89.6 Å². The topological polar surface area (TPSA) is 55.8 Å². The number of carbonyl (C=O) groups excluding carboxylic acids is 1. The number of amides is 1. The Morgan fingerprint density at radius 3 is 1.96 bits per heavy atom. The molecular weight excluding hydrogens is 625 g/mol. The minimum Gasteiger partial charge on any atom is -0.385 e. The number of piperidine rings is 2. The first-order valence-electron chi connectivity index (χ1n) is 16.2. The normalized spacial score (nSPS) is 18.3. The SMILES string of the molecule is CCCN1CCC(C(=O)NC(CCC(C)(c2ccccc2)c2ccccc2)N2CCC(O)(c3ccc(Cl)cc3)CC2)CC1.Cl.Cl. The minimum absolute atomic E-state index is 0. The summed E-state index contributed by atoms with van der Waals surface area (Å²) in [7, 11) is 0. The highest BCUT2D eigenvalue weighted by Crippen LogP contribution is 2.38. The molecule has 2 aliphatic heterocycles. The van der Waals surface area contributed by atoms with Crippen LogP contribution in [-0.2, 0) is 15.8 Å². The van der Waals surface area contributed by atoms with Crippen molar-refractivity contribution in [2.24, 2.45) is 5.92 Å². The maximum absolute atomic E-state index is 13.7. The fourth-order valence-corrected chi connectivity index (χ4v) is 7.24. The van der Waals surface area contributed by atoms with E-state index in [0.717, 1.165) is 57.3 Å². The first kappa shape index (κ1) is 37.3. The van der Waals surface area contributed by atoms with Gasteiger partial charge in [0.05, 0.1) is 11.8 Å². The molecule has 0 aromatic heterocycles. The van der Waals surface area contributed by atoms with Crippen LogP contribution in [0.4, 0.5) is 0 Å². The molecule has 1 unspecified atom stereocenters. The highest BCUT2D eigenvalue weighted by molar-refractivity contribution is 6.30. The average molecular weight is 675 g/mol. The zero-order valence-corrected chi connectivity index (χ0v) is 29.1. The number of rotatable bonds is 11. The van der Waals surface area contributed by atoms with Crippen LogP contribution in [0.1, 0.15) is 75.5 Å². The number of nitrogens with zero attached hydrogens (tertiary/aromatic N) is 2. The molecule has 45 heavy (non-hydrogen) atoms. The summed E-state index contributed by atoms with van der Waals surface area (Å²) in [6.07, 6.45) is 5.83. The number of halogens is 3. The highest BCUT2D eigenvalue weighted by Gasteiger charge is 2.38. The summed E-state index contributed by atoms with van der Waals surface area (Å²) in [6.45, 7) is 9.07. The molecule has 246 valence electrons. The van der Waals surface area contributed by atoms with Crippen molar-refractivity contribution >= 4 is 42.3 Å². The zero-order valence-electron chi connectivity index (χ0n) is 26.7. The van der Waals surface area contributed by atoms with Gasteiger partial charge in [-0.2, -0.15) is 0 Å². The molecule has 0 saturated carbocycles. The predicted molar refractivity (Wildman–Crippen MR) is 191 cm³/mol. The van der Waals surface area contributed by atoms with Crippen LogP contribution in [0, 0.1) is 5.92 Å². The second kappa shape index (κ2) is 17.2. The van der Waals surface area contributed by atoms with Gasteiger partial charge in [0.1, 0.15) is 0 Å². The molecule has 3 aromatic rings. The molecule has 0 spiro atoms. The lowest BCUT2D eigenvalue weighted by Crippen LogP contribution is -2.55. The number of nitrogens with one attached hydrogen (secondary N) is 1. The van der Waals surface area contributed by atoms with E-state index >= 15 is 0 Å². The van der Waals surface area contributed by atoms with Crippen molar-refractivity contribution in [1.82, 2.24) is 15.1 Å². The summed E-state index contributed by atoms with van der Waals surface area (Å²) in [6, 6.07) is 29.1. The van der Waals surface area contributed by atoms with Crippen LogP contribution < -0.4 is 5.32 Å². The Morgan fingerprint density at radius 1 is 0.911 bits per heavy atom. The van der Waals surface area contributed by atoms with Crippen LogP contribution in [-0.4, -0.2) is 59.7 Å². The van der Waals surface area contributed by atoms with E-state index in [0.29, 0.717) is 31.0 Å². The van der Waals surface area contributed by atoms with Gasteiger partial charge >= 0.3 is 0 Å². The molecule has 0 radical (unpaired) electrons. The molecular formula is C37H50Cl3N3O2. The molecule has 2 heterocycles. The van der Waals surface area contributed by atoms with E-state index in [9.17, 15) is 9.90 Å². The van der Waals surface area contributed by atoms with Crippen molar-refractivity contribution in [2.75, 3.05) is 32.7 Å². The molecule has 2 N–H and O–H groups in total. The third kappa shape index (κ3) is 9.24. The fraction of sp³-hybridized carbons (Fsp3) is 0.486. The second-order valence-electron chi connectivity index (χ2n) is 12.8. The van der Waals surface area contributed by atoms with E-state index < -0.39 is 5.60 Å². The standard InChI is InChI=1S/C37H48ClN3O2.2ClH/c1-3-24-40-25-19-29(20-26-40)35(42)39-34(41-27-22-37(43,23-28-41)32-14-16-33(38)17-15-32)18-21-36(2,30-10-6-4-7-11-30)31-12-8-5-9-13-31;;/h4-17,29,34,43H,3,18-28H2,1-2H3,(H,39,42);2*1H. The third-order valence-corrected chi connectivity index (χ3v) is 10.2. The molecule has 5 rings (SSSR count). The maximum atomic E-state index is 13.7. The molecule has 8 heteroatoms. The van der Waals surface area contributed by atoms with E-state index in [1.807, 2.05) is 24.3 Å². The molecule has 0 bridgehead atoms. The van der Waals surface area contributed by atoms with Crippen molar-refractivity contribution < 1.29 is 9.90 Å². The van der Waals surface area contributed by atoms with Gasteiger partial charge in [-0.15, -0.1) is 24.8 Å². The average Bonchev–Trinajstić information content (AvgIpc) is 3.05. The van der Waals surface area contributed by atoms with Crippen molar-refractivity contribution in [1.29, 1.82) is 0 Å². The third-order valence-electron chi connectivity index (χ3n) is 9.99. The fourth-order valence-electron chi connectivity index (χ4n) is 7.11. The van der Waals surface area contributed by atoms with Crippen LogP contribution in [0.15, 0.2) is 84.9 Å². The van der Waals surface area contributed by atoms with Gasteiger partial charge in [0.15, 0.2) is 0 Å². The van der Waals surface area contributed by atoms with E-state index in [-0.39, 0.29) is 48.2 Å². The Morgan fingerprint density at radius 2 is 1.44 bits per heavy atom. The molecule has 2 saturated heterocycles. The highest BCUT2D eigenvalue weighted by atomic mass is 35.5. The van der Waals surface area contributed by atoms with Gasteiger partial charge in [-0.3, -0.25) is 9.69 Å². The lowest BCUT2D eigenvalue weighted by atomic mass is 9.72. The molecule has 0 aliphatic carbocycles. The van der Waals surface area contributed by atoms with Gasteiger partial charge in [-0.25, -0.2) is 0 Å². The minimum atomic E-state index is -0.885. The Balaban J connectivity index is 0.00000276. The van der Waals surface area contributed by atoms with Gasteiger partial charge in [0.25, 0.3) is 0 Å². The van der Waals surface area contributed by atoms with Crippen molar-refractivity contribution in [3.63, 3.8) is 0 Å². The monoisotopic (exact) mass is 673 g/mol. The van der Waals surface area contributed by atoms with Gasteiger partial charge in [-0.1, -0.05) is 98.2 Å². The predicted octanol–water partition coefficient (Wildman–Crippen LogP) is 7.82. The smallest absolute Gasteiger partial charge is 0.224 e. The molecule has 5 nitrogen and oxygen atoms in total. The summed E-state index contributed by atoms with van der Waals surface area (Å²) >= 11 is 6.12. The van der Waals surface area contributed by atoms with Crippen molar-refractivity contribution in [2.45, 2.75) is 76.0 Å². The zero-order chi connectivity index (χ0) is 30.3. The Kier molecular flexibility index (Phi) is 14.2. The number of hydrogen-bond acceptors (Lipinski definition) is 4. The molecule has 2 fully saturated rings. The maximum Gasteiger partial charge on any atom is 0.224 e. The summed E-state index contributed by atoms with van der Waals surface area (Å²) in [5.74, 6) is 0.238. The Labute approximate surface area is 287 Å². The van der Waals surface area contributed by atoms with Crippen molar-refractivity contribution in [3.05, 3.63) is 107 Å². The van der Waals surface area contributed by atoms with Crippen molar-refractivity contribution in [3.8, 4) is 0 Å². The van der Waals surface area contributed by atoms with Crippen LogP contribution in [0.25, 0.3) is 0 Å². The van der Waals surface area contributed by atoms with Gasteiger partial charge < -0.3 is 15.3 Å². The van der Waals surface area contributed by atoms with Gasteiger partial charge in [-0.05, 0) is 93.4 Å². The number of likely N-dealkylation sites (tertiary alicyclic amines) is 2. The van der Waals surface area contributed by atoms with E-state index in [1.165, 1.54) is 11.1 Å². The van der Waals surface area contributed by atoms with E-state index in [4.69, 9.17) is 11.6 Å². The van der Waals surface area contributed by atoms with Crippen LogP contribution in [0.3, 0.4) is 0 Å². The molecule has 1 amide bonds. The molecule has 1 atom stereocenters. The van der Waals surface area contributed by atoms with E-state index in [1.54, 1.807) is 0 Å². The Hall–Kier alpha value is -2.12. The summed E-state index contributed by atoms with van der Waals surface area (Å²) in [5.41, 5.74) is 2.40. The lowest BCUT2D eigenvalue weighted by Gasteiger charge is -2.43. The summed E-state index contributed by atoms with van der Waals surface area (Å²) in [5, 5.41) is 15.8. The number of benzene rings is 3. The van der Waals surface area contributed by atoms with Gasteiger partial charge in [0, 0.05) is 29.4 Å². The first-order chi connectivity index (χ1) is 20.8. The van der Waals surface area contributed by atoms with Crippen LogP contribution in [0.2, 0.25) is 5.02 Å². The first-order valence-corrected chi connectivity index (χ1v) is 16.5. The second-order valence-corrected chi connectivity index (χ2v) is 13.3. The lowest BCUT2D eigenvalue weighted by molar-refractivity contribution is -0.129. The molecule has 3 aromatic carbocycles. The largest absolute Gasteiger partial charge is 0.385 e. The number of aliphatic hydroxyl groups is 1. The summed E-state index contributed by atoms with van der Waals surface area (Å²) < 4.78 is 0. The summed E-state index contributed by atoms with van der Waals surface area (Å²) in [4.78, 5) is 18.6. The van der Waals surface area contributed by atoms with Crippen LogP contribution in [0.5, 0.6) is 0 Å². The van der Waals surface area contributed by atoms with Gasteiger partial charge in [0.2, 0.25) is 5.91 Å². The van der Waals surface area contributed by atoms with Crippen LogP contribution >= 0.6 is 36.4 Å². The molecule has 2 aliphatic rings. The number of hydrogen-bond donors (Lipinski definition) is 2.